The van der Waals surface area contributed by atoms with Crippen LogP contribution in [0.4, 0.5) is 6.01 Å². The number of aromatic nitrogens is 2. The van der Waals surface area contributed by atoms with Crippen molar-refractivity contribution in [1.82, 2.24) is 15.5 Å². The van der Waals surface area contributed by atoms with Crippen molar-refractivity contribution in [1.29, 1.82) is 0 Å². The third-order valence-corrected chi connectivity index (χ3v) is 3.32. The molecule has 0 bridgehead atoms. The highest BCUT2D eigenvalue weighted by Crippen LogP contribution is 2.13. The molecule has 1 unspecified atom stereocenters. The monoisotopic (exact) mass is 272 g/mol. The Balaban J connectivity index is 2.19. The van der Waals surface area contributed by atoms with Gasteiger partial charge in [-0.25, -0.2) is 0 Å². The van der Waals surface area contributed by atoms with Crippen molar-refractivity contribution in [3.8, 4) is 0 Å². The van der Waals surface area contributed by atoms with Gasteiger partial charge in [-0.15, -0.1) is 5.10 Å². The molecule has 1 aromatic heterocycles. The van der Waals surface area contributed by atoms with Crippen LogP contribution < -0.4 is 10.6 Å². The smallest absolute Gasteiger partial charge is 0.315 e. The lowest BCUT2D eigenvalue weighted by Crippen LogP contribution is -2.17. The summed E-state index contributed by atoms with van der Waals surface area (Å²) in [5, 5.41) is 14.4. The maximum absolute atomic E-state index is 5.53. The van der Waals surface area contributed by atoms with Gasteiger partial charge in [0.25, 0.3) is 0 Å². The number of nitrogens with zero attached hydrogens (tertiary/aromatic N) is 2. The fourth-order valence-corrected chi connectivity index (χ4v) is 2.11. The van der Waals surface area contributed by atoms with E-state index in [0.717, 1.165) is 19.5 Å². The summed E-state index contributed by atoms with van der Waals surface area (Å²) in [6.45, 7) is 5.86. The summed E-state index contributed by atoms with van der Waals surface area (Å²) < 4.78 is 5.53. The lowest BCUT2D eigenvalue weighted by Gasteiger charge is -2.06. The van der Waals surface area contributed by atoms with Gasteiger partial charge in [-0.05, 0) is 38.3 Å². The third-order valence-electron chi connectivity index (χ3n) is 2.62. The molecule has 0 fully saturated rings. The lowest BCUT2D eigenvalue weighted by molar-refractivity contribution is 0.428. The highest BCUT2D eigenvalue weighted by molar-refractivity contribution is 7.98. The normalized spacial score (nSPS) is 12.6. The highest BCUT2D eigenvalue weighted by Gasteiger charge is 2.11. The zero-order valence-electron chi connectivity index (χ0n) is 11.5. The standard InChI is InChI=1S/C12H24N4OS/c1-4-13-10(2)11-15-16-12(17-11)14-8-6-5-7-9-18-3/h10,13H,4-9H2,1-3H3,(H,14,16). The van der Waals surface area contributed by atoms with E-state index in [4.69, 9.17) is 4.42 Å². The second-order valence-corrected chi connectivity index (χ2v) is 5.19. The first-order chi connectivity index (χ1) is 8.77. The van der Waals surface area contributed by atoms with Crippen LogP contribution in [0.2, 0.25) is 0 Å². The van der Waals surface area contributed by atoms with E-state index in [1.54, 1.807) is 0 Å². The Morgan fingerprint density at radius 3 is 2.83 bits per heavy atom. The Morgan fingerprint density at radius 2 is 2.11 bits per heavy atom. The number of hydrogen-bond donors (Lipinski definition) is 2. The van der Waals surface area contributed by atoms with Crippen molar-refractivity contribution in [2.24, 2.45) is 0 Å². The average Bonchev–Trinajstić information content (AvgIpc) is 2.83. The summed E-state index contributed by atoms with van der Waals surface area (Å²) in [7, 11) is 0. The SMILES string of the molecule is CCNC(C)c1nnc(NCCCCCSC)o1. The molecule has 0 aromatic carbocycles. The van der Waals surface area contributed by atoms with Crippen molar-refractivity contribution < 1.29 is 4.42 Å². The summed E-state index contributed by atoms with van der Waals surface area (Å²) in [5.74, 6) is 1.88. The summed E-state index contributed by atoms with van der Waals surface area (Å²) in [5.41, 5.74) is 0. The van der Waals surface area contributed by atoms with E-state index < -0.39 is 0 Å². The quantitative estimate of drug-likeness (QED) is 0.639. The number of hydrogen-bond acceptors (Lipinski definition) is 6. The molecule has 104 valence electrons. The zero-order chi connectivity index (χ0) is 13.2. The molecule has 1 heterocycles. The largest absolute Gasteiger partial charge is 0.406 e. The van der Waals surface area contributed by atoms with Crippen LogP contribution in [0, 0.1) is 0 Å². The van der Waals surface area contributed by atoms with E-state index in [-0.39, 0.29) is 6.04 Å². The van der Waals surface area contributed by atoms with Gasteiger partial charge in [-0.2, -0.15) is 11.8 Å². The van der Waals surface area contributed by atoms with Crippen molar-refractivity contribution in [2.75, 3.05) is 30.4 Å². The second kappa shape index (κ2) is 9.22. The number of nitrogens with one attached hydrogen (secondary N) is 2. The van der Waals surface area contributed by atoms with Gasteiger partial charge in [0.1, 0.15) is 0 Å². The van der Waals surface area contributed by atoms with Gasteiger partial charge in [-0.3, -0.25) is 0 Å². The molecule has 0 aliphatic rings. The van der Waals surface area contributed by atoms with E-state index in [9.17, 15) is 0 Å². The minimum Gasteiger partial charge on any atom is -0.406 e. The number of anilines is 1. The molecule has 0 spiro atoms. The van der Waals surface area contributed by atoms with Crippen molar-refractivity contribution in [2.45, 2.75) is 39.2 Å². The van der Waals surface area contributed by atoms with E-state index in [2.05, 4.69) is 34.0 Å². The molecule has 0 saturated carbocycles. The van der Waals surface area contributed by atoms with E-state index in [1.165, 1.54) is 18.6 Å². The molecule has 0 aliphatic carbocycles. The first-order valence-corrected chi connectivity index (χ1v) is 7.97. The number of thioether (sulfide) groups is 1. The maximum atomic E-state index is 5.53. The van der Waals surface area contributed by atoms with E-state index in [1.807, 2.05) is 18.7 Å². The molecule has 2 N–H and O–H groups in total. The van der Waals surface area contributed by atoms with Crippen molar-refractivity contribution in [3.05, 3.63) is 5.89 Å². The third kappa shape index (κ3) is 5.73. The van der Waals surface area contributed by atoms with Gasteiger partial charge in [0, 0.05) is 6.54 Å². The summed E-state index contributed by atoms with van der Waals surface area (Å²) in [4.78, 5) is 0. The molecule has 0 saturated heterocycles. The Labute approximate surface area is 114 Å². The number of rotatable bonds is 10. The second-order valence-electron chi connectivity index (χ2n) is 4.21. The Bertz CT molecular complexity index is 319. The fourth-order valence-electron chi connectivity index (χ4n) is 1.62. The van der Waals surface area contributed by atoms with Crippen molar-refractivity contribution in [3.63, 3.8) is 0 Å². The van der Waals surface area contributed by atoms with Gasteiger partial charge in [0.15, 0.2) is 0 Å². The molecule has 1 atom stereocenters. The molecule has 0 radical (unpaired) electrons. The van der Waals surface area contributed by atoms with E-state index in [0.29, 0.717) is 11.9 Å². The van der Waals surface area contributed by atoms with Crippen LogP contribution in [0.3, 0.4) is 0 Å². The first kappa shape index (κ1) is 15.3. The molecule has 6 heteroatoms. The minimum atomic E-state index is 0.111. The molecule has 18 heavy (non-hydrogen) atoms. The maximum Gasteiger partial charge on any atom is 0.315 e. The Hall–Kier alpha value is -0.750. The van der Waals surface area contributed by atoms with Gasteiger partial charge < -0.3 is 15.1 Å². The molecule has 5 nitrogen and oxygen atoms in total. The van der Waals surface area contributed by atoms with Crippen LogP contribution in [0.25, 0.3) is 0 Å². The highest BCUT2D eigenvalue weighted by atomic mass is 32.2. The van der Waals surface area contributed by atoms with Crippen LogP contribution in [0.5, 0.6) is 0 Å². The molecule has 0 aliphatic heterocycles. The minimum absolute atomic E-state index is 0.111. The summed E-state index contributed by atoms with van der Waals surface area (Å²) in [6, 6.07) is 0.638. The lowest BCUT2D eigenvalue weighted by atomic mass is 10.2. The predicted molar refractivity (Wildman–Crippen MR) is 77.1 cm³/mol. The molecule has 1 rings (SSSR count). The molecular formula is C12H24N4OS. The Morgan fingerprint density at radius 1 is 1.28 bits per heavy atom. The van der Waals surface area contributed by atoms with Gasteiger partial charge in [0.05, 0.1) is 6.04 Å². The van der Waals surface area contributed by atoms with Crippen LogP contribution >= 0.6 is 11.8 Å². The fraction of sp³-hybridized carbons (Fsp3) is 0.833. The average molecular weight is 272 g/mol. The molecule has 1 aromatic rings. The number of unbranched alkanes of at least 4 members (excludes halogenated alkanes) is 2. The van der Waals surface area contributed by atoms with Gasteiger partial charge >= 0.3 is 6.01 Å². The van der Waals surface area contributed by atoms with Crippen LogP contribution in [-0.2, 0) is 0 Å². The van der Waals surface area contributed by atoms with Crippen LogP contribution in [0.15, 0.2) is 4.42 Å². The first-order valence-electron chi connectivity index (χ1n) is 6.57. The van der Waals surface area contributed by atoms with E-state index >= 15 is 0 Å². The summed E-state index contributed by atoms with van der Waals surface area (Å²) >= 11 is 1.90. The van der Waals surface area contributed by atoms with Crippen molar-refractivity contribution >= 4 is 17.8 Å². The molecule has 0 amide bonds. The van der Waals surface area contributed by atoms with Crippen LogP contribution in [-0.4, -0.2) is 35.3 Å². The molecular weight excluding hydrogens is 248 g/mol. The topological polar surface area (TPSA) is 63.0 Å². The zero-order valence-corrected chi connectivity index (χ0v) is 12.3. The van der Waals surface area contributed by atoms with Gasteiger partial charge in [-0.1, -0.05) is 18.4 Å². The van der Waals surface area contributed by atoms with Gasteiger partial charge in [0.2, 0.25) is 5.89 Å². The predicted octanol–water partition coefficient (Wildman–Crippen LogP) is 2.69. The summed E-state index contributed by atoms with van der Waals surface area (Å²) in [6.07, 6.45) is 5.79. The Kier molecular flexibility index (Phi) is 7.84. The van der Waals surface area contributed by atoms with Crippen LogP contribution in [0.1, 0.15) is 45.0 Å².